The van der Waals surface area contributed by atoms with E-state index in [2.05, 4.69) is 33.9 Å². The summed E-state index contributed by atoms with van der Waals surface area (Å²) in [5.74, 6) is -1.15. The molecule has 0 amide bonds. The minimum atomic E-state index is -1.89. The lowest BCUT2D eigenvalue weighted by atomic mass is 9.69. The summed E-state index contributed by atoms with van der Waals surface area (Å²) in [6.45, 7) is 13.3. The van der Waals surface area contributed by atoms with Crippen LogP contribution >= 0.6 is 0 Å². The Morgan fingerprint density at radius 1 is 1.43 bits per heavy atom. The van der Waals surface area contributed by atoms with E-state index in [1.807, 2.05) is 6.92 Å². The molecule has 0 spiro atoms. The van der Waals surface area contributed by atoms with Crippen LogP contribution in [-0.2, 0) is 14.0 Å². The second kappa shape index (κ2) is 6.21. The van der Waals surface area contributed by atoms with Gasteiger partial charge in [-0.2, -0.15) is 0 Å². The molecule has 0 bridgehead atoms. The molecule has 21 heavy (non-hydrogen) atoms. The molecule has 1 saturated carbocycles. The van der Waals surface area contributed by atoms with Crippen molar-refractivity contribution < 1.29 is 19.1 Å². The van der Waals surface area contributed by atoms with Crippen molar-refractivity contribution >= 4 is 20.1 Å². The van der Waals surface area contributed by atoms with E-state index in [1.165, 1.54) is 0 Å². The van der Waals surface area contributed by atoms with Gasteiger partial charge in [0.15, 0.2) is 8.32 Å². The second-order valence-electron chi connectivity index (χ2n) is 8.16. The number of aliphatic carboxylic acids is 1. The predicted molar refractivity (Wildman–Crippen MR) is 85.9 cm³/mol. The van der Waals surface area contributed by atoms with E-state index < -0.39 is 19.7 Å². The molecule has 0 heterocycles. The number of rotatable bonds is 5. The Morgan fingerprint density at radius 3 is 2.48 bits per heavy atom. The number of carboxylic acid groups (broad SMARTS) is 1. The molecule has 0 aromatic rings. The molecule has 0 aromatic carbocycles. The maximum atomic E-state index is 12.6. The van der Waals surface area contributed by atoms with Crippen molar-refractivity contribution in [2.75, 3.05) is 6.61 Å². The first-order chi connectivity index (χ1) is 9.39. The fraction of sp³-hybridized carbons (Fsp3) is 0.875. The molecular formula is C16H30O4Si. The van der Waals surface area contributed by atoms with Crippen LogP contribution in [0.25, 0.3) is 0 Å². The molecule has 2 atom stereocenters. The van der Waals surface area contributed by atoms with Crippen molar-refractivity contribution in [1.29, 1.82) is 0 Å². The number of Topliss-reactive ketones (excluding diaryl/α,β-unsaturated/α-hetero) is 1. The van der Waals surface area contributed by atoms with Gasteiger partial charge in [0, 0.05) is 17.9 Å². The van der Waals surface area contributed by atoms with Crippen LogP contribution in [-0.4, -0.2) is 31.8 Å². The molecule has 1 N–H and O–H groups in total. The van der Waals surface area contributed by atoms with Crippen LogP contribution in [0.15, 0.2) is 0 Å². The minimum Gasteiger partial charge on any atom is -0.481 e. The Labute approximate surface area is 129 Å². The van der Waals surface area contributed by atoms with Gasteiger partial charge in [-0.1, -0.05) is 34.1 Å². The van der Waals surface area contributed by atoms with Gasteiger partial charge in [-0.3, -0.25) is 9.59 Å². The number of carboxylic acids is 1. The molecular weight excluding hydrogens is 284 g/mol. The first-order valence-electron chi connectivity index (χ1n) is 7.79. The number of ketones is 1. The zero-order chi connectivity index (χ0) is 16.5. The van der Waals surface area contributed by atoms with Gasteiger partial charge in [0.1, 0.15) is 5.78 Å². The predicted octanol–water partition coefficient (Wildman–Crippen LogP) is 3.86. The standard InChI is InChI=1S/C16H30O4Si/c1-15(2,3)21(5,6)20-11-16(4)9-7-8-12(14(16)19)10-13(17)18/h12H,7-11H2,1-6H3,(H,17,18). The summed E-state index contributed by atoms with van der Waals surface area (Å²) in [4.78, 5) is 23.5. The molecule has 2 unspecified atom stereocenters. The molecule has 0 aromatic heterocycles. The van der Waals surface area contributed by atoms with E-state index in [1.54, 1.807) is 0 Å². The van der Waals surface area contributed by atoms with Gasteiger partial charge < -0.3 is 9.53 Å². The number of carbonyl (C=O) groups is 2. The van der Waals surface area contributed by atoms with Crippen molar-refractivity contribution in [1.82, 2.24) is 0 Å². The van der Waals surface area contributed by atoms with Crippen LogP contribution < -0.4 is 0 Å². The Balaban J connectivity index is 2.76. The minimum absolute atomic E-state index is 0.0471. The van der Waals surface area contributed by atoms with Crippen molar-refractivity contribution in [2.45, 2.75) is 71.5 Å². The van der Waals surface area contributed by atoms with Crippen LogP contribution in [0.2, 0.25) is 18.1 Å². The van der Waals surface area contributed by atoms with Crippen molar-refractivity contribution in [3.8, 4) is 0 Å². The molecule has 1 aliphatic rings. The highest BCUT2D eigenvalue weighted by Gasteiger charge is 2.45. The molecule has 5 heteroatoms. The Kier molecular flexibility index (Phi) is 5.43. The monoisotopic (exact) mass is 314 g/mol. The molecule has 4 nitrogen and oxygen atoms in total. The fourth-order valence-corrected chi connectivity index (χ4v) is 3.70. The highest BCUT2D eigenvalue weighted by molar-refractivity contribution is 6.74. The summed E-state index contributed by atoms with van der Waals surface area (Å²) in [7, 11) is -1.89. The first-order valence-corrected chi connectivity index (χ1v) is 10.7. The Hall–Kier alpha value is -0.683. The molecule has 1 rings (SSSR count). The number of carbonyl (C=O) groups excluding carboxylic acids is 1. The summed E-state index contributed by atoms with van der Waals surface area (Å²) < 4.78 is 6.23. The first kappa shape index (κ1) is 18.4. The summed E-state index contributed by atoms with van der Waals surface area (Å²) in [5, 5.41) is 9.06. The molecule has 122 valence electrons. The normalized spacial score (nSPS) is 27.7. The van der Waals surface area contributed by atoms with Crippen LogP contribution in [0, 0.1) is 11.3 Å². The Bertz CT molecular complexity index is 411. The topological polar surface area (TPSA) is 63.6 Å². The van der Waals surface area contributed by atoms with Crippen molar-refractivity contribution in [3.63, 3.8) is 0 Å². The smallest absolute Gasteiger partial charge is 0.304 e. The molecule has 0 radical (unpaired) electrons. The van der Waals surface area contributed by atoms with E-state index in [9.17, 15) is 9.59 Å². The maximum Gasteiger partial charge on any atom is 0.304 e. The van der Waals surface area contributed by atoms with E-state index in [0.717, 1.165) is 12.8 Å². The SMILES string of the molecule is CC1(CO[Si](C)(C)C(C)(C)C)CCCC(CC(=O)O)C1=O. The summed E-state index contributed by atoms with van der Waals surface area (Å²) >= 11 is 0. The fourth-order valence-electron chi connectivity index (χ4n) is 2.59. The summed E-state index contributed by atoms with van der Waals surface area (Å²) in [6.07, 6.45) is 2.35. The lowest BCUT2D eigenvalue weighted by Crippen LogP contribution is -2.47. The summed E-state index contributed by atoms with van der Waals surface area (Å²) in [6, 6.07) is 0. The van der Waals surface area contributed by atoms with Crippen molar-refractivity contribution in [3.05, 3.63) is 0 Å². The average Bonchev–Trinajstić information content (AvgIpc) is 2.31. The molecule has 0 aliphatic heterocycles. The van der Waals surface area contributed by atoms with Gasteiger partial charge in [0.2, 0.25) is 0 Å². The van der Waals surface area contributed by atoms with E-state index in [4.69, 9.17) is 9.53 Å². The zero-order valence-electron chi connectivity index (χ0n) is 14.3. The van der Waals surface area contributed by atoms with Gasteiger partial charge in [-0.25, -0.2) is 0 Å². The van der Waals surface area contributed by atoms with Gasteiger partial charge in [0.05, 0.1) is 6.42 Å². The van der Waals surface area contributed by atoms with E-state index in [0.29, 0.717) is 13.0 Å². The zero-order valence-corrected chi connectivity index (χ0v) is 15.3. The quantitative estimate of drug-likeness (QED) is 0.783. The average molecular weight is 314 g/mol. The van der Waals surface area contributed by atoms with Crippen LogP contribution in [0.5, 0.6) is 0 Å². The lowest BCUT2D eigenvalue weighted by molar-refractivity contribution is -0.146. The van der Waals surface area contributed by atoms with Crippen LogP contribution in [0.4, 0.5) is 0 Å². The van der Waals surface area contributed by atoms with E-state index in [-0.39, 0.29) is 23.2 Å². The lowest BCUT2D eigenvalue weighted by Gasteiger charge is -2.42. The summed E-state index contributed by atoms with van der Waals surface area (Å²) in [5.41, 5.74) is -0.520. The third-order valence-electron chi connectivity index (χ3n) is 5.23. The van der Waals surface area contributed by atoms with Gasteiger partial charge in [-0.15, -0.1) is 0 Å². The largest absolute Gasteiger partial charge is 0.481 e. The highest BCUT2D eigenvalue weighted by Crippen LogP contribution is 2.41. The maximum absolute atomic E-state index is 12.6. The molecule has 0 saturated heterocycles. The van der Waals surface area contributed by atoms with Gasteiger partial charge in [0.25, 0.3) is 0 Å². The highest BCUT2D eigenvalue weighted by atomic mass is 28.4. The van der Waals surface area contributed by atoms with Gasteiger partial charge in [-0.05, 0) is 31.0 Å². The molecule has 1 fully saturated rings. The Morgan fingerprint density at radius 2 is 2.00 bits per heavy atom. The van der Waals surface area contributed by atoms with Crippen LogP contribution in [0.1, 0.15) is 53.4 Å². The third kappa shape index (κ3) is 4.39. The van der Waals surface area contributed by atoms with Crippen LogP contribution in [0.3, 0.4) is 0 Å². The third-order valence-corrected chi connectivity index (χ3v) is 9.70. The number of hydrogen-bond donors (Lipinski definition) is 1. The second-order valence-corrected chi connectivity index (χ2v) is 13.0. The number of hydrogen-bond acceptors (Lipinski definition) is 3. The molecule has 1 aliphatic carbocycles. The van der Waals surface area contributed by atoms with Crippen molar-refractivity contribution in [2.24, 2.45) is 11.3 Å². The van der Waals surface area contributed by atoms with Gasteiger partial charge >= 0.3 is 5.97 Å². The van der Waals surface area contributed by atoms with E-state index >= 15 is 0 Å².